The van der Waals surface area contributed by atoms with Crippen LogP contribution in [0.15, 0.2) is 38.0 Å². The van der Waals surface area contributed by atoms with Gasteiger partial charge in [0, 0.05) is 20.1 Å². The number of aromatic nitrogens is 2. The largest absolute Gasteiger partial charge is 2.00 e. The molecule has 1 aromatic heterocycles. The first-order valence-electron chi connectivity index (χ1n) is 9.16. The third kappa shape index (κ3) is 3.49. The number of carbonyl (C=O) groups is 2. The van der Waals surface area contributed by atoms with Gasteiger partial charge in [-0.3, -0.25) is 28.4 Å². The van der Waals surface area contributed by atoms with Gasteiger partial charge in [0.05, 0.1) is 16.8 Å². The van der Waals surface area contributed by atoms with Gasteiger partial charge in [-0.1, -0.05) is 19.9 Å². The molecular weight excluding hydrogens is 437 g/mol. The van der Waals surface area contributed by atoms with Crippen LogP contribution in [0, 0.1) is 0 Å². The van der Waals surface area contributed by atoms with Crippen LogP contribution in [0.1, 0.15) is 47.4 Å². The van der Waals surface area contributed by atoms with Gasteiger partial charge in [-0.15, -0.1) is 10.2 Å². The molecule has 10 nitrogen and oxygen atoms in total. The second-order valence-electron chi connectivity index (χ2n) is 6.73. The second-order valence-corrected chi connectivity index (χ2v) is 6.73. The van der Waals surface area contributed by atoms with Crippen molar-refractivity contribution in [2.45, 2.75) is 32.7 Å². The molecule has 0 bridgehead atoms. The van der Waals surface area contributed by atoms with Crippen molar-refractivity contribution < 1.29 is 31.2 Å². The molecule has 1 aliphatic rings. The Morgan fingerprint density at radius 2 is 1.60 bits per heavy atom. The van der Waals surface area contributed by atoms with Gasteiger partial charge in [-0.25, -0.2) is 4.79 Å². The Labute approximate surface area is 181 Å². The zero-order chi connectivity index (χ0) is 21.5. The Hall–Kier alpha value is -3.07. The van der Waals surface area contributed by atoms with Crippen molar-refractivity contribution in [3.63, 3.8) is 0 Å². The van der Waals surface area contributed by atoms with Crippen molar-refractivity contribution in [3.05, 3.63) is 50.2 Å². The van der Waals surface area contributed by atoms with E-state index < -0.39 is 34.6 Å². The number of hydrogen-bond acceptors (Lipinski definition) is 7. The van der Waals surface area contributed by atoms with E-state index in [0.717, 1.165) is 9.13 Å². The summed E-state index contributed by atoms with van der Waals surface area (Å²) in [5, 5.41) is 17.8. The van der Waals surface area contributed by atoms with Crippen molar-refractivity contribution in [1.29, 1.82) is 0 Å². The van der Waals surface area contributed by atoms with E-state index >= 15 is 0 Å². The molecule has 3 rings (SSSR count). The fourth-order valence-corrected chi connectivity index (χ4v) is 3.36. The predicted octanol–water partition coefficient (Wildman–Crippen LogP) is 1.99. The van der Waals surface area contributed by atoms with E-state index in [2.05, 4.69) is 10.2 Å². The monoisotopic (exact) mass is 457 g/mol. The third-order valence-electron chi connectivity index (χ3n) is 5.10. The van der Waals surface area contributed by atoms with E-state index in [1.807, 2.05) is 13.8 Å². The van der Waals surface area contributed by atoms with Crippen molar-refractivity contribution in [2.75, 3.05) is 0 Å². The molecule has 0 fully saturated rings. The van der Waals surface area contributed by atoms with Crippen molar-refractivity contribution in [2.24, 2.45) is 24.3 Å². The summed E-state index contributed by atoms with van der Waals surface area (Å²) in [7, 11) is 2.53. The van der Waals surface area contributed by atoms with Gasteiger partial charge in [0.2, 0.25) is 11.6 Å². The minimum absolute atomic E-state index is 0. The first-order valence-corrected chi connectivity index (χ1v) is 9.16. The molecule has 160 valence electrons. The zero-order valence-corrected chi connectivity index (χ0v) is 17.8. The number of hydrogen-bond donors (Lipinski definition) is 1. The summed E-state index contributed by atoms with van der Waals surface area (Å²) in [6.45, 7) is 3.80. The van der Waals surface area contributed by atoms with Crippen LogP contribution in [0.4, 0.5) is 11.4 Å². The van der Waals surface area contributed by atoms with Gasteiger partial charge >= 0.3 is 22.2 Å². The second kappa shape index (κ2) is 8.75. The van der Waals surface area contributed by atoms with E-state index in [0.29, 0.717) is 12.8 Å². The minimum atomic E-state index is -0.831. The molecule has 1 aromatic carbocycles. The average Bonchev–Trinajstić information content (AvgIpc) is 2.97. The fraction of sp³-hybridized carbons (Fsp3) is 0.368. The Kier molecular flexibility index (Phi) is 6.77. The molecule has 0 aliphatic carbocycles. The van der Waals surface area contributed by atoms with Crippen LogP contribution in [0.2, 0.25) is 0 Å². The summed E-state index contributed by atoms with van der Waals surface area (Å²) in [6, 6.07) is 4.37. The number of rotatable bonds is 5. The molecule has 0 unspecified atom stereocenters. The van der Waals surface area contributed by atoms with Gasteiger partial charge in [-0.2, -0.15) is 0 Å². The Bertz CT molecular complexity index is 1160. The summed E-state index contributed by atoms with van der Waals surface area (Å²) in [6.07, 6.45) is 1.25. The maximum Gasteiger partial charge on any atom is 2.00 e. The first-order chi connectivity index (χ1) is 13.7. The van der Waals surface area contributed by atoms with Crippen LogP contribution in [0.5, 0.6) is 5.88 Å². The Morgan fingerprint density at radius 3 is 2.20 bits per heavy atom. The van der Waals surface area contributed by atoms with Gasteiger partial charge in [0.1, 0.15) is 0 Å². The number of imide groups is 1. The Morgan fingerprint density at radius 1 is 0.967 bits per heavy atom. The van der Waals surface area contributed by atoms with Gasteiger partial charge in [0.25, 0.3) is 17.4 Å². The fourth-order valence-electron chi connectivity index (χ4n) is 3.36. The number of amides is 2. The normalized spacial score (nSPS) is 13.3. The SMILES string of the molecule is CCC(CC)N1C(=O)c2cccc(N=Nc3c(O)n(C)c(=O)n(C)c3=O)c2C1=O.[Ni+2]. The molecule has 0 radical (unpaired) electrons. The van der Waals surface area contributed by atoms with Crippen LogP contribution in [-0.2, 0) is 30.6 Å². The van der Waals surface area contributed by atoms with Crippen molar-refractivity contribution >= 4 is 23.2 Å². The molecule has 2 amide bonds. The number of carbonyl (C=O) groups excluding carboxylic acids is 2. The maximum absolute atomic E-state index is 12.9. The Balaban J connectivity index is 0.00000320. The zero-order valence-electron chi connectivity index (χ0n) is 16.9. The molecule has 1 N–H and O–H groups in total. The molecule has 30 heavy (non-hydrogen) atoms. The van der Waals surface area contributed by atoms with E-state index in [1.54, 1.807) is 12.1 Å². The number of aromatic hydroxyl groups is 1. The first kappa shape index (κ1) is 23.2. The maximum atomic E-state index is 12.9. The van der Waals surface area contributed by atoms with Crippen LogP contribution < -0.4 is 11.2 Å². The van der Waals surface area contributed by atoms with Crippen molar-refractivity contribution in [1.82, 2.24) is 14.0 Å². The van der Waals surface area contributed by atoms with E-state index in [-0.39, 0.29) is 39.3 Å². The van der Waals surface area contributed by atoms with E-state index in [4.69, 9.17) is 0 Å². The summed E-state index contributed by atoms with van der Waals surface area (Å²) in [4.78, 5) is 51.0. The van der Waals surface area contributed by atoms with Crippen LogP contribution >= 0.6 is 0 Å². The topological polar surface area (TPSA) is 126 Å². The number of azo groups is 1. The van der Waals surface area contributed by atoms with E-state index in [1.165, 1.54) is 25.1 Å². The molecule has 1 aliphatic heterocycles. The van der Waals surface area contributed by atoms with Gasteiger partial charge in [0.15, 0.2) is 0 Å². The molecular formula is C19H21N5NiO5+2. The van der Waals surface area contributed by atoms with Crippen molar-refractivity contribution in [3.8, 4) is 5.88 Å². The van der Waals surface area contributed by atoms with E-state index in [9.17, 15) is 24.3 Å². The molecule has 0 atom stereocenters. The number of nitrogens with zero attached hydrogens (tertiary/aromatic N) is 5. The number of fused-ring (bicyclic) bond motifs is 1. The summed E-state index contributed by atoms with van der Waals surface area (Å²) >= 11 is 0. The summed E-state index contributed by atoms with van der Waals surface area (Å²) in [5.74, 6) is -1.50. The summed E-state index contributed by atoms with van der Waals surface area (Å²) < 4.78 is 1.64. The molecule has 2 aromatic rings. The minimum Gasteiger partial charge on any atom is -0.493 e. The molecule has 0 saturated heterocycles. The smallest absolute Gasteiger partial charge is 0.493 e. The van der Waals surface area contributed by atoms with Crippen LogP contribution in [0.3, 0.4) is 0 Å². The standard InChI is InChI=1S/C19H21N5O5.Ni/c1-5-10(6-2)24-15(25)11-8-7-9-12(13(11)16(24)26)20-21-14-17(27)22(3)19(29)23(4)18(14)28;/h7-10,27H,5-6H2,1-4H3;/q;+2. The van der Waals surface area contributed by atoms with Crippen LogP contribution in [0.25, 0.3) is 0 Å². The number of benzene rings is 1. The predicted molar refractivity (Wildman–Crippen MR) is 104 cm³/mol. The summed E-state index contributed by atoms with van der Waals surface area (Å²) in [5.41, 5.74) is -1.56. The molecule has 2 heterocycles. The van der Waals surface area contributed by atoms with Gasteiger partial charge in [-0.05, 0) is 25.0 Å². The molecule has 11 heteroatoms. The third-order valence-corrected chi connectivity index (χ3v) is 5.10. The average molecular weight is 458 g/mol. The van der Waals surface area contributed by atoms with Crippen LogP contribution in [-0.4, -0.2) is 37.0 Å². The quantitative estimate of drug-likeness (QED) is 0.417. The molecule has 0 spiro atoms. The van der Waals surface area contributed by atoms with Gasteiger partial charge < -0.3 is 5.11 Å². The molecule has 0 saturated carbocycles.